The van der Waals surface area contributed by atoms with Crippen molar-refractivity contribution < 1.29 is 4.79 Å². The highest BCUT2D eigenvalue weighted by atomic mass is 16.1. The fraction of sp³-hybridized carbons (Fsp3) is 0.190. The number of aromatic nitrogens is 3. The normalized spacial score (nSPS) is 11.1. The Morgan fingerprint density at radius 1 is 1.07 bits per heavy atom. The van der Waals surface area contributed by atoms with E-state index in [1.54, 1.807) is 0 Å². The molecule has 0 atom stereocenters. The van der Waals surface area contributed by atoms with Gasteiger partial charge in [0.25, 0.3) is 5.56 Å². The van der Waals surface area contributed by atoms with E-state index in [4.69, 9.17) is 0 Å². The highest BCUT2D eigenvalue weighted by molar-refractivity contribution is 5.80. The van der Waals surface area contributed by atoms with Gasteiger partial charge in [0.15, 0.2) is 0 Å². The van der Waals surface area contributed by atoms with E-state index in [0.29, 0.717) is 30.7 Å². The minimum Gasteiger partial charge on any atom is -0.354 e. The zero-order valence-corrected chi connectivity index (χ0v) is 14.8. The number of nitrogens with zero attached hydrogens (tertiary/aromatic N) is 2. The topological polar surface area (TPSA) is 79.8 Å². The lowest BCUT2D eigenvalue weighted by Crippen LogP contribution is -2.28. The first kappa shape index (κ1) is 17.0. The van der Waals surface area contributed by atoms with Crippen LogP contribution in [0.15, 0.2) is 65.6 Å². The summed E-state index contributed by atoms with van der Waals surface area (Å²) in [6.07, 6.45) is 2.58. The lowest BCUT2D eigenvalue weighted by molar-refractivity contribution is -0.121. The van der Waals surface area contributed by atoms with Crippen molar-refractivity contribution in [1.82, 2.24) is 19.9 Å². The molecule has 0 saturated heterocycles. The molecule has 0 aliphatic heterocycles. The summed E-state index contributed by atoms with van der Waals surface area (Å²) in [6, 6.07) is 17.6. The number of aromatic amines is 1. The molecular formula is C21H20N4O2. The Labute approximate surface area is 155 Å². The van der Waals surface area contributed by atoms with Crippen LogP contribution in [-0.4, -0.2) is 27.0 Å². The van der Waals surface area contributed by atoms with Crippen LogP contribution in [0, 0.1) is 0 Å². The molecule has 0 radical (unpaired) electrons. The predicted molar refractivity (Wildman–Crippen MR) is 106 cm³/mol. The van der Waals surface area contributed by atoms with Gasteiger partial charge in [0, 0.05) is 37.6 Å². The van der Waals surface area contributed by atoms with Crippen LogP contribution in [0.2, 0.25) is 0 Å². The lowest BCUT2D eigenvalue weighted by atomic mass is 10.2. The minimum absolute atomic E-state index is 0.0826. The Hall–Kier alpha value is -3.41. The summed E-state index contributed by atoms with van der Waals surface area (Å²) in [4.78, 5) is 31.4. The Morgan fingerprint density at radius 3 is 2.81 bits per heavy atom. The van der Waals surface area contributed by atoms with Crippen LogP contribution in [0.1, 0.15) is 12.1 Å². The molecule has 0 aliphatic carbocycles. The number of para-hydroxylation sites is 3. The van der Waals surface area contributed by atoms with E-state index in [0.717, 1.165) is 11.0 Å². The number of fused-ring (bicyclic) bond motifs is 2. The van der Waals surface area contributed by atoms with Gasteiger partial charge in [-0.2, -0.15) is 0 Å². The van der Waals surface area contributed by atoms with Gasteiger partial charge < -0.3 is 14.9 Å². The van der Waals surface area contributed by atoms with Crippen LogP contribution in [0.25, 0.3) is 21.9 Å². The summed E-state index contributed by atoms with van der Waals surface area (Å²) in [5.74, 6) is -0.0826. The summed E-state index contributed by atoms with van der Waals surface area (Å²) in [7, 11) is 0. The average molecular weight is 360 g/mol. The fourth-order valence-corrected chi connectivity index (χ4v) is 3.21. The van der Waals surface area contributed by atoms with Crippen LogP contribution in [0.4, 0.5) is 0 Å². The van der Waals surface area contributed by atoms with E-state index >= 15 is 0 Å². The molecule has 6 heteroatoms. The zero-order valence-electron chi connectivity index (χ0n) is 14.8. The van der Waals surface area contributed by atoms with Crippen molar-refractivity contribution in [1.29, 1.82) is 0 Å². The molecule has 2 aromatic carbocycles. The van der Waals surface area contributed by atoms with Gasteiger partial charge in [0.1, 0.15) is 5.69 Å². The minimum atomic E-state index is -0.236. The van der Waals surface area contributed by atoms with Crippen LogP contribution < -0.4 is 10.9 Å². The number of carbonyl (C=O) groups is 1. The third-order valence-corrected chi connectivity index (χ3v) is 4.61. The highest BCUT2D eigenvalue weighted by Gasteiger charge is 2.08. The highest BCUT2D eigenvalue weighted by Crippen LogP contribution is 2.14. The van der Waals surface area contributed by atoms with Crippen molar-refractivity contribution in [3.63, 3.8) is 0 Å². The van der Waals surface area contributed by atoms with E-state index in [1.165, 1.54) is 5.39 Å². The summed E-state index contributed by atoms with van der Waals surface area (Å²) < 4.78 is 2.12. The summed E-state index contributed by atoms with van der Waals surface area (Å²) in [5.41, 5.74) is 2.74. The quantitative estimate of drug-likeness (QED) is 0.555. The van der Waals surface area contributed by atoms with Gasteiger partial charge in [-0.05, 0) is 29.7 Å². The summed E-state index contributed by atoms with van der Waals surface area (Å²) >= 11 is 0. The van der Waals surface area contributed by atoms with Crippen molar-refractivity contribution in [3.05, 3.63) is 76.8 Å². The molecule has 2 heterocycles. The van der Waals surface area contributed by atoms with Gasteiger partial charge in [0.2, 0.25) is 5.91 Å². The van der Waals surface area contributed by atoms with Crippen molar-refractivity contribution in [2.24, 2.45) is 0 Å². The van der Waals surface area contributed by atoms with Crippen molar-refractivity contribution >= 4 is 27.8 Å². The predicted octanol–water partition coefficient (Wildman–Crippen LogP) is 2.63. The van der Waals surface area contributed by atoms with Crippen molar-refractivity contribution in [2.45, 2.75) is 19.4 Å². The number of hydrogen-bond acceptors (Lipinski definition) is 3. The van der Waals surface area contributed by atoms with Crippen LogP contribution in [0.5, 0.6) is 0 Å². The van der Waals surface area contributed by atoms with Gasteiger partial charge in [-0.3, -0.25) is 9.59 Å². The SMILES string of the molecule is O=C(CCc1nc2ccccc2[nH]c1=O)NCCn1ccc2ccccc21. The second kappa shape index (κ2) is 7.45. The van der Waals surface area contributed by atoms with Crippen LogP contribution in [0.3, 0.4) is 0 Å². The van der Waals surface area contributed by atoms with E-state index in [1.807, 2.05) is 42.6 Å². The number of rotatable bonds is 6. The molecule has 27 heavy (non-hydrogen) atoms. The van der Waals surface area contributed by atoms with Crippen molar-refractivity contribution in [2.75, 3.05) is 6.54 Å². The fourth-order valence-electron chi connectivity index (χ4n) is 3.21. The maximum absolute atomic E-state index is 12.1. The van der Waals surface area contributed by atoms with E-state index in [9.17, 15) is 9.59 Å². The molecular weight excluding hydrogens is 340 g/mol. The number of nitrogens with one attached hydrogen (secondary N) is 2. The van der Waals surface area contributed by atoms with Gasteiger partial charge in [-0.1, -0.05) is 30.3 Å². The van der Waals surface area contributed by atoms with Crippen LogP contribution >= 0.6 is 0 Å². The molecule has 136 valence electrons. The van der Waals surface area contributed by atoms with Gasteiger partial charge in [0.05, 0.1) is 11.0 Å². The number of benzene rings is 2. The van der Waals surface area contributed by atoms with Crippen molar-refractivity contribution in [3.8, 4) is 0 Å². The third kappa shape index (κ3) is 3.74. The van der Waals surface area contributed by atoms with Gasteiger partial charge >= 0.3 is 0 Å². The smallest absolute Gasteiger partial charge is 0.270 e. The Bertz CT molecular complexity index is 1160. The maximum atomic E-state index is 12.1. The third-order valence-electron chi connectivity index (χ3n) is 4.61. The maximum Gasteiger partial charge on any atom is 0.270 e. The Kier molecular flexibility index (Phi) is 4.70. The molecule has 4 aromatic rings. The molecule has 6 nitrogen and oxygen atoms in total. The number of carbonyl (C=O) groups excluding carboxylic acids is 1. The monoisotopic (exact) mass is 360 g/mol. The number of aryl methyl sites for hydroxylation is 1. The largest absolute Gasteiger partial charge is 0.354 e. The molecule has 0 aliphatic rings. The van der Waals surface area contributed by atoms with Gasteiger partial charge in [-0.25, -0.2) is 4.98 Å². The van der Waals surface area contributed by atoms with Gasteiger partial charge in [-0.15, -0.1) is 0 Å². The second-order valence-electron chi connectivity index (χ2n) is 6.45. The Morgan fingerprint density at radius 2 is 1.89 bits per heavy atom. The number of H-pyrrole nitrogens is 1. The zero-order chi connectivity index (χ0) is 18.6. The second-order valence-corrected chi connectivity index (χ2v) is 6.45. The average Bonchev–Trinajstić information content (AvgIpc) is 3.09. The van der Waals surface area contributed by atoms with E-state index in [2.05, 4.69) is 38.1 Å². The molecule has 0 bridgehead atoms. The first-order chi connectivity index (χ1) is 13.2. The van der Waals surface area contributed by atoms with Crippen LogP contribution in [-0.2, 0) is 17.8 Å². The first-order valence-electron chi connectivity index (χ1n) is 8.99. The molecule has 1 amide bonds. The number of amides is 1. The molecule has 0 fully saturated rings. The molecule has 0 unspecified atom stereocenters. The summed E-state index contributed by atoms with van der Waals surface area (Å²) in [5, 5.41) is 4.10. The Balaban J connectivity index is 1.32. The number of hydrogen-bond donors (Lipinski definition) is 2. The van der Waals surface area contributed by atoms with E-state index in [-0.39, 0.29) is 17.9 Å². The van der Waals surface area contributed by atoms with E-state index < -0.39 is 0 Å². The first-order valence-corrected chi connectivity index (χ1v) is 8.99. The molecule has 0 saturated carbocycles. The molecule has 2 N–H and O–H groups in total. The summed E-state index contributed by atoms with van der Waals surface area (Å²) in [6.45, 7) is 1.24. The molecule has 2 aromatic heterocycles. The lowest BCUT2D eigenvalue weighted by Gasteiger charge is -2.08. The standard InChI is InChI=1S/C21H20N4O2/c26-20(22-12-14-25-13-11-15-5-1-4-8-19(15)25)10-9-18-21(27)24-17-7-3-2-6-16(17)23-18/h1-8,11,13H,9-10,12,14H2,(H,22,26)(H,24,27). The molecule has 4 rings (SSSR count). The molecule has 0 spiro atoms.